The summed E-state index contributed by atoms with van der Waals surface area (Å²) < 4.78 is 31.3. The van der Waals surface area contributed by atoms with Crippen LogP contribution in [0.15, 0.2) is 81.1 Å². The molecule has 0 unspecified atom stereocenters. The van der Waals surface area contributed by atoms with Gasteiger partial charge in [0.05, 0.1) is 15.5 Å². The molecule has 4 rings (SSSR count). The lowest BCUT2D eigenvalue weighted by Gasteiger charge is -2.09. The van der Waals surface area contributed by atoms with Crippen LogP contribution in [0.25, 0.3) is 0 Å². The predicted octanol–water partition coefficient (Wildman–Crippen LogP) is 7.15. The lowest BCUT2D eigenvalue weighted by atomic mass is 10.2. The van der Waals surface area contributed by atoms with Gasteiger partial charge in [-0.05, 0) is 49.1 Å². The number of azo groups is 3. The van der Waals surface area contributed by atoms with Crippen molar-refractivity contribution in [3.8, 4) is 5.75 Å². The van der Waals surface area contributed by atoms with Crippen molar-refractivity contribution in [1.82, 2.24) is 18.7 Å². The van der Waals surface area contributed by atoms with E-state index in [9.17, 15) is 13.5 Å². The molecule has 0 aliphatic rings. The fourth-order valence-corrected chi connectivity index (χ4v) is 5.97. The number of primary sulfonamides is 1. The molecule has 0 bridgehead atoms. The lowest BCUT2D eigenvalue weighted by molar-refractivity contribution is 0.476. The molecule has 0 saturated carbocycles. The molecule has 0 spiro atoms. The molecule has 0 fully saturated rings. The first-order valence-electron chi connectivity index (χ1n) is 10.3. The zero-order valence-electron chi connectivity index (χ0n) is 20.1. The number of aromatic hydroxyl groups is 1. The number of rotatable bonds is 10. The predicted molar refractivity (Wildman–Crippen MR) is 154 cm³/mol. The molecule has 2 aromatic carbocycles. The number of aromatic nitrogens is 4. The van der Waals surface area contributed by atoms with Crippen molar-refractivity contribution in [3.63, 3.8) is 0 Å². The molecule has 0 amide bonds. The highest BCUT2D eigenvalue weighted by Crippen LogP contribution is 2.50. The Morgan fingerprint density at radius 2 is 1.36 bits per heavy atom. The summed E-state index contributed by atoms with van der Waals surface area (Å²) in [6.45, 7) is 0. The first-order valence-corrected chi connectivity index (χ1v) is 17.1. The van der Waals surface area contributed by atoms with E-state index in [1.807, 2.05) is 12.5 Å². The Morgan fingerprint density at radius 1 is 0.795 bits per heavy atom. The summed E-state index contributed by atoms with van der Waals surface area (Å²) in [5.41, 5.74) is 0.755. The molecule has 0 saturated heterocycles. The van der Waals surface area contributed by atoms with Crippen LogP contribution in [0.5, 0.6) is 5.75 Å². The van der Waals surface area contributed by atoms with E-state index in [2.05, 4.69) is 49.4 Å². The SMILES string of the molecule is CSc1nsc(N=Nc2cc(N=Nc3ccc(S(N)(=O)=O)cc3)c(O)c(N=Nc3nc(SC)ns3)c2SC)n1. The zero-order chi connectivity index (χ0) is 28.0. The van der Waals surface area contributed by atoms with Crippen molar-refractivity contribution >= 4 is 101 Å². The quantitative estimate of drug-likeness (QED) is 0.132. The molecule has 0 aliphatic heterocycles. The van der Waals surface area contributed by atoms with Crippen LogP contribution in [0.4, 0.5) is 33.0 Å². The summed E-state index contributed by atoms with van der Waals surface area (Å²) in [6, 6.07) is 6.94. The normalized spacial score (nSPS) is 12.4. The number of phenolic OH excluding ortho intramolecular Hbond substituents is 1. The van der Waals surface area contributed by atoms with Crippen molar-refractivity contribution in [3.05, 3.63) is 30.3 Å². The van der Waals surface area contributed by atoms with Gasteiger partial charge in [0.25, 0.3) is 0 Å². The van der Waals surface area contributed by atoms with Crippen LogP contribution < -0.4 is 5.14 Å². The molecular weight excluding hydrogens is 623 g/mol. The summed E-state index contributed by atoms with van der Waals surface area (Å²) in [7, 11) is -3.85. The van der Waals surface area contributed by atoms with E-state index in [4.69, 9.17) is 5.14 Å². The smallest absolute Gasteiger partial charge is 0.250 e. The highest BCUT2D eigenvalue weighted by atomic mass is 32.2. The van der Waals surface area contributed by atoms with Crippen LogP contribution in [0.3, 0.4) is 0 Å². The molecule has 2 heterocycles. The number of thioether (sulfide) groups is 3. The first-order chi connectivity index (χ1) is 18.7. The van der Waals surface area contributed by atoms with Crippen LogP contribution in [0.1, 0.15) is 0 Å². The average Bonchev–Trinajstić information content (AvgIpc) is 3.59. The van der Waals surface area contributed by atoms with Gasteiger partial charge in [-0.25, -0.2) is 13.6 Å². The zero-order valence-corrected chi connectivity index (χ0v) is 25.0. The topological polar surface area (TPSA) is 206 Å². The van der Waals surface area contributed by atoms with Crippen molar-refractivity contribution in [2.24, 2.45) is 35.8 Å². The maximum Gasteiger partial charge on any atom is 0.250 e. The van der Waals surface area contributed by atoms with Crippen LogP contribution in [-0.4, -0.2) is 51.0 Å². The third-order valence-corrected chi connectivity index (χ3v) is 8.74. The fraction of sp³-hybridized carbons (Fsp3) is 0.158. The van der Waals surface area contributed by atoms with Gasteiger partial charge in [0.2, 0.25) is 30.6 Å². The minimum Gasteiger partial charge on any atom is -0.504 e. The highest BCUT2D eigenvalue weighted by Gasteiger charge is 2.19. The number of nitrogens with two attached hydrogens (primary N) is 1. The third kappa shape index (κ3) is 7.41. The number of benzene rings is 2. The van der Waals surface area contributed by atoms with E-state index < -0.39 is 10.0 Å². The van der Waals surface area contributed by atoms with Crippen LogP contribution in [-0.2, 0) is 10.0 Å². The van der Waals surface area contributed by atoms with Gasteiger partial charge in [-0.3, -0.25) is 0 Å². The number of sulfonamides is 1. The van der Waals surface area contributed by atoms with E-state index in [1.54, 1.807) is 6.26 Å². The summed E-state index contributed by atoms with van der Waals surface area (Å²) in [4.78, 5) is 8.89. The molecule has 14 nitrogen and oxygen atoms in total. The lowest BCUT2D eigenvalue weighted by Crippen LogP contribution is -2.11. The molecule has 0 atom stereocenters. The minimum absolute atomic E-state index is 0.0235. The molecule has 3 N–H and O–H groups in total. The molecule has 202 valence electrons. The molecule has 0 radical (unpaired) electrons. The van der Waals surface area contributed by atoms with Gasteiger partial charge < -0.3 is 5.11 Å². The third-order valence-electron chi connectivity index (χ3n) is 4.47. The molecule has 2 aromatic heterocycles. The Morgan fingerprint density at radius 3 is 1.87 bits per heavy atom. The molecule has 39 heavy (non-hydrogen) atoms. The summed E-state index contributed by atoms with van der Waals surface area (Å²) in [5.74, 6) is -0.304. The van der Waals surface area contributed by atoms with Crippen molar-refractivity contribution in [2.45, 2.75) is 20.1 Å². The monoisotopic (exact) mass is 639 g/mol. The average molecular weight is 640 g/mol. The van der Waals surface area contributed by atoms with Crippen molar-refractivity contribution < 1.29 is 13.5 Å². The molecular formula is C19H17N11O3S6. The van der Waals surface area contributed by atoms with Gasteiger partial charge >= 0.3 is 0 Å². The summed E-state index contributed by atoms with van der Waals surface area (Å²) in [6.07, 6.45) is 5.48. The van der Waals surface area contributed by atoms with E-state index in [-0.39, 0.29) is 22.0 Å². The van der Waals surface area contributed by atoms with Gasteiger partial charge in [-0.15, -0.1) is 37.3 Å². The second kappa shape index (κ2) is 13.0. The van der Waals surface area contributed by atoms with Crippen molar-refractivity contribution in [2.75, 3.05) is 18.8 Å². The maximum atomic E-state index is 11.5. The highest BCUT2D eigenvalue weighted by molar-refractivity contribution is 7.99. The van der Waals surface area contributed by atoms with Crippen molar-refractivity contribution in [1.29, 1.82) is 0 Å². The minimum atomic E-state index is -3.85. The number of nitrogens with zero attached hydrogens (tertiary/aromatic N) is 10. The standard InChI is InChI=1S/C19H17N11O3S6/c1-34-15-12(25-27-16-21-18(35-2)29-37-16)8-11(24-23-9-4-6-10(7-5-9)39(20,32)33)14(31)13(15)26-28-17-22-19(36-3)30-38-17/h4-8,31H,1-3H3,(H2,20,32,33). The Balaban J connectivity index is 1.77. The Hall–Kier alpha value is -2.88. The fourth-order valence-electron chi connectivity index (χ4n) is 2.71. The number of hydrogen-bond donors (Lipinski definition) is 2. The van der Waals surface area contributed by atoms with Crippen LogP contribution in [0.2, 0.25) is 0 Å². The first kappa shape index (κ1) is 29.1. The van der Waals surface area contributed by atoms with Crippen LogP contribution >= 0.6 is 58.4 Å². The summed E-state index contributed by atoms with van der Waals surface area (Å²) >= 11 is 6.17. The molecule has 20 heteroatoms. The number of phenols is 1. The number of hydrogen-bond acceptors (Lipinski definition) is 18. The van der Waals surface area contributed by atoms with Gasteiger partial charge in [-0.1, -0.05) is 23.5 Å². The second-order valence-electron chi connectivity index (χ2n) is 6.91. The molecule has 0 aliphatic carbocycles. The van der Waals surface area contributed by atoms with E-state index in [0.29, 0.717) is 36.8 Å². The van der Waals surface area contributed by atoms with Gasteiger partial charge in [0, 0.05) is 23.1 Å². The van der Waals surface area contributed by atoms with Gasteiger partial charge in [0.1, 0.15) is 17.1 Å². The Bertz CT molecular complexity index is 1670. The van der Waals surface area contributed by atoms with E-state index in [1.165, 1.54) is 65.6 Å². The Kier molecular flexibility index (Phi) is 9.69. The Labute approximate surface area is 243 Å². The second-order valence-corrected chi connectivity index (χ2v) is 12.3. The molecule has 4 aromatic rings. The maximum absolute atomic E-state index is 11.5. The van der Waals surface area contributed by atoms with Gasteiger partial charge in [0.15, 0.2) is 5.75 Å². The van der Waals surface area contributed by atoms with E-state index in [0.717, 1.165) is 23.1 Å². The van der Waals surface area contributed by atoms with Gasteiger partial charge in [-0.2, -0.15) is 23.8 Å². The largest absolute Gasteiger partial charge is 0.504 e. The van der Waals surface area contributed by atoms with Crippen LogP contribution in [0, 0.1) is 0 Å². The van der Waals surface area contributed by atoms with E-state index >= 15 is 0 Å². The summed E-state index contributed by atoms with van der Waals surface area (Å²) in [5, 5.41) is 43.0.